The highest BCUT2D eigenvalue weighted by molar-refractivity contribution is 6.41. The summed E-state index contributed by atoms with van der Waals surface area (Å²) in [7, 11) is 0. The van der Waals surface area contributed by atoms with Crippen molar-refractivity contribution in [1.29, 1.82) is 0 Å². The molecule has 8 heteroatoms. The van der Waals surface area contributed by atoms with Gasteiger partial charge in [0.1, 0.15) is 5.71 Å². The number of hydrazone groups is 1. The molecule has 0 saturated carbocycles. The van der Waals surface area contributed by atoms with E-state index in [4.69, 9.17) is 39.9 Å². The first-order valence-corrected chi connectivity index (χ1v) is 11.6. The van der Waals surface area contributed by atoms with Gasteiger partial charge in [-0.15, -0.1) is 0 Å². The van der Waals surface area contributed by atoms with Crippen molar-refractivity contribution >= 4 is 52.1 Å². The minimum Gasteiger partial charge on any atom is -0.284 e. The molecule has 0 radical (unpaired) electrons. The number of hydrogen-bond donors (Lipinski definition) is 1. The minimum absolute atomic E-state index is 0.156. The van der Waals surface area contributed by atoms with E-state index < -0.39 is 0 Å². The van der Waals surface area contributed by atoms with Crippen LogP contribution in [0.3, 0.4) is 0 Å². The van der Waals surface area contributed by atoms with Crippen LogP contribution in [0.4, 0.5) is 5.69 Å². The van der Waals surface area contributed by atoms with E-state index in [1.807, 2.05) is 47.3 Å². The molecule has 2 aliphatic rings. The van der Waals surface area contributed by atoms with E-state index in [1.54, 1.807) is 12.1 Å². The topological polar surface area (TPSA) is 47.9 Å². The van der Waals surface area contributed by atoms with Crippen LogP contribution in [-0.4, -0.2) is 29.7 Å². The highest BCUT2D eigenvalue weighted by Gasteiger charge is 2.40. The minimum atomic E-state index is -0.196. The van der Waals surface area contributed by atoms with Crippen molar-refractivity contribution in [3.05, 3.63) is 63.1 Å². The lowest BCUT2D eigenvalue weighted by Gasteiger charge is -2.30. The van der Waals surface area contributed by atoms with Crippen LogP contribution in [0.15, 0.2) is 47.6 Å². The second kappa shape index (κ2) is 9.37. The third kappa shape index (κ3) is 4.85. The molecular weight excluding hydrogens is 455 g/mol. The number of halogens is 3. The summed E-state index contributed by atoms with van der Waals surface area (Å²) in [5, 5.41) is 10.2. The number of hydrazine groups is 1. The number of nitrogens with one attached hydrogen (secondary N) is 1. The molecule has 1 fully saturated rings. The second-order valence-corrected chi connectivity index (χ2v) is 9.60. The Morgan fingerprint density at radius 1 is 1.00 bits per heavy atom. The van der Waals surface area contributed by atoms with Crippen LogP contribution < -0.4 is 10.4 Å². The Hall–Kier alpha value is -1.79. The highest BCUT2D eigenvalue weighted by Crippen LogP contribution is 2.42. The lowest BCUT2D eigenvalue weighted by atomic mass is 9.91. The molecule has 2 aromatic rings. The summed E-state index contributed by atoms with van der Waals surface area (Å²) in [5.41, 5.74) is 5.23. The average Bonchev–Trinajstić information content (AvgIpc) is 3.07. The van der Waals surface area contributed by atoms with Crippen molar-refractivity contribution in [2.45, 2.75) is 32.7 Å². The van der Waals surface area contributed by atoms with Gasteiger partial charge < -0.3 is 0 Å². The molecule has 0 spiro atoms. The van der Waals surface area contributed by atoms with Gasteiger partial charge in [0.25, 0.3) is 5.91 Å². The monoisotopic (exact) mass is 478 g/mol. The lowest BCUT2D eigenvalue weighted by Crippen LogP contribution is -2.49. The normalized spacial score (nSPS) is 22.5. The van der Waals surface area contributed by atoms with Crippen LogP contribution in [-0.2, 0) is 4.79 Å². The Kier molecular flexibility index (Phi) is 6.77. The van der Waals surface area contributed by atoms with Gasteiger partial charge in [0, 0.05) is 29.1 Å². The van der Waals surface area contributed by atoms with Gasteiger partial charge in [-0.3, -0.25) is 15.2 Å². The maximum atomic E-state index is 13.2. The number of hydrogen-bond acceptors (Lipinski definition) is 4. The number of carbonyl (C=O) groups is 1. The first-order valence-electron chi connectivity index (χ1n) is 10.5. The van der Waals surface area contributed by atoms with Gasteiger partial charge in [0.05, 0.1) is 16.8 Å². The maximum Gasteiger partial charge on any atom is 0.282 e. The van der Waals surface area contributed by atoms with Gasteiger partial charge >= 0.3 is 0 Å². The summed E-state index contributed by atoms with van der Waals surface area (Å²) in [6.07, 6.45) is 2.14. The van der Waals surface area contributed by atoms with Gasteiger partial charge in [-0.2, -0.15) is 5.10 Å². The first-order chi connectivity index (χ1) is 14.8. The fraction of sp³-hybridized carbons (Fsp3) is 0.391. The van der Waals surface area contributed by atoms with E-state index in [9.17, 15) is 4.79 Å². The quantitative estimate of drug-likeness (QED) is 0.588. The van der Waals surface area contributed by atoms with E-state index in [-0.39, 0.29) is 17.9 Å². The van der Waals surface area contributed by atoms with Crippen LogP contribution >= 0.6 is 34.8 Å². The van der Waals surface area contributed by atoms with Crippen molar-refractivity contribution in [2.24, 2.45) is 16.9 Å². The molecule has 0 unspecified atom stereocenters. The molecule has 31 heavy (non-hydrogen) atoms. The standard InChI is InChI=1S/C23H25Cl3N4O/c1-14-9-11-29(12-10-14)28-23(31)21-15(2)22(16-3-5-17(24)6-4-16)30(27-21)20-8-7-18(25)13-19(20)26/h3-8,13-15,22H,9-12H2,1-2H3,(H,28,31)/t15-,22-/m0/s1. The number of nitrogens with zero attached hydrogens (tertiary/aromatic N) is 3. The van der Waals surface area contributed by atoms with Crippen molar-refractivity contribution in [1.82, 2.24) is 10.4 Å². The van der Waals surface area contributed by atoms with Crippen LogP contribution in [0, 0.1) is 11.8 Å². The second-order valence-electron chi connectivity index (χ2n) is 8.32. The van der Waals surface area contributed by atoms with Crippen LogP contribution in [0.5, 0.6) is 0 Å². The third-order valence-corrected chi connectivity index (χ3v) is 6.82. The van der Waals surface area contributed by atoms with Crippen molar-refractivity contribution in [2.75, 3.05) is 18.1 Å². The van der Waals surface area contributed by atoms with E-state index in [0.29, 0.717) is 32.4 Å². The van der Waals surface area contributed by atoms with Crippen molar-refractivity contribution in [3.8, 4) is 0 Å². The summed E-state index contributed by atoms with van der Waals surface area (Å²) in [6, 6.07) is 12.7. The highest BCUT2D eigenvalue weighted by atomic mass is 35.5. The van der Waals surface area contributed by atoms with Crippen LogP contribution in [0.25, 0.3) is 0 Å². The molecular formula is C23H25Cl3N4O. The Morgan fingerprint density at radius 2 is 1.65 bits per heavy atom. The van der Waals surface area contributed by atoms with Gasteiger partial charge in [-0.05, 0) is 54.7 Å². The summed E-state index contributed by atoms with van der Waals surface area (Å²) >= 11 is 18.7. The zero-order valence-corrected chi connectivity index (χ0v) is 19.8. The lowest BCUT2D eigenvalue weighted by molar-refractivity contribution is -0.120. The fourth-order valence-electron chi connectivity index (χ4n) is 4.16. The SMILES string of the molecule is CC1CCN(NC(=O)C2=NN(c3ccc(Cl)cc3Cl)[C@H](c3ccc(Cl)cc3)[C@H]2C)CC1. The molecule has 0 aliphatic carbocycles. The van der Waals surface area contributed by atoms with E-state index in [2.05, 4.69) is 12.3 Å². The third-order valence-electron chi connectivity index (χ3n) is 6.03. The molecule has 2 aromatic carbocycles. The van der Waals surface area contributed by atoms with Gasteiger partial charge in [-0.1, -0.05) is 60.8 Å². The number of carbonyl (C=O) groups excluding carboxylic acids is 1. The van der Waals surface area contributed by atoms with Gasteiger partial charge in [-0.25, -0.2) is 5.01 Å². The Morgan fingerprint density at radius 3 is 2.29 bits per heavy atom. The number of rotatable bonds is 4. The molecule has 1 amide bonds. The first kappa shape index (κ1) is 22.4. The fourth-order valence-corrected chi connectivity index (χ4v) is 4.79. The van der Waals surface area contributed by atoms with Crippen molar-refractivity contribution in [3.63, 3.8) is 0 Å². The maximum absolute atomic E-state index is 13.2. The van der Waals surface area contributed by atoms with Crippen LogP contribution in [0.2, 0.25) is 15.1 Å². The Labute approximate surface area is 197 Å². The molecule has 5 nitrogen and oxygen atoms in total. The summed E-state index contributed by atoms with van der Waals surface area (Å²) < 4.78 is 0. The molecule has 4 rings (SSSR count). The summed E-state index contributed by atoms with van der Waals surface area (Å²) in [6.45, 7) is 5.95. The predicted octanol–water partition coefficient (Wildman–Crippen LogP) is 5.96. The number of amides is 1. The molecule has 2 aliphatic heterocycles. The zero-order valence-electron chi connectivity index (χ0n) is 17.5. The van der Waals surface area contributed by atoms with E-state index in [1.165, 1.54) is 0 Å². The molecule has 2 atom stereocenters. The summed E-state index contributed by atoms with van der Waals surface area (Å²) in [5.74, 6) is 0.359. The van der Waals surface area contributed by atoms with Crippen LogP contribution in [0.1, 0.15) is 38.3 Å². The van der Waals surface area contributed by atoms with Crippen molar-refractivity contribution < 1.29 is 4.79 Å². The molecule has 1 N–H and O–H groups in total. The molecule has 0 aromatic heterocycles. The average molecular weight is 480 g/mol. The predicted molar refractivity (Wildman–Crippen MR) is 128 cm³/mol. The molecule has 1 saturated heterocycles. The Bertz CT molecular complexity index is 987. The zero-order chi connectivity index (χ0) is 22.1. The molecule has 0 bridgehead atoms. The smallest absolute Gasteiger partial charge is 0.282 e. The summed E-state index contributed by atoms with van der Waals surface area (Å²) in [4.78, 5) is 13.2. The Balaban J connectivity index is 1.65. The van der Waals surface area contributed by atoms with E-state index in [0.717, 1.165) is 31.5 Å². The van der Waals surface area contributed by atoms with E-state index >= 15 is 0 Å². The largest absolute Gasteiger partial charge is 0.284 e. The number of anilines is 1. The number of piperidine rings is 1. The van der Waals surface area contributed by atoms with Gasteiger partial charge in [0.2, 0.25) is 0 Å². The molecule has 164 valence electrons. The van der Waals surface area contributed by atoms with Gasteiger partial charge in [0.15, 0.2) is 0 Å². The number of benzene rings is 2. The molecule has 2 heterocycles.